The average Bonchev–Trinajstić information content (AvgIpc) is 2.32. The van der Waals surface area contributed by atoms with E-state index in [-0.39, 0.29) is 0 Å². The molecule has 0 unspecified atom stereocenters. The van der Waals surface area contributed by atoms with Gasteiger partial charge in [-0.1, -0.05) is 23.9 Å². The molecule has 0 atom stereocenters. The first kappa shape index (κ1) is 12.5. The Morgan fingerprint density at radius 3 is 2.67 bits per heavy atom. The molecule has 1 nitrogen and oxygen atoms in total. The van der Waals surface area contributed by atoms with E-state index in [0.29, 0.717) is 0 Å². The topological polar surface area (TPSA) is 12.9 Å². The number of fused-ring (bicyclic) bond motifs is 1. The number of rotatable bonds is 1. The molecule has 2 aromatic rings. The van der Waals surface area contributed by atoms with Crippen LogP contribution in [0.3, 0.4) is 0 Å². The van der Waals surface area contributed by atoms with E-state index in [1.807, 2.05) is 19.2 Å². The van der Waals surface area contributed by atoms with Crippen LogP contribution in [-0.4, -0.2) is 4.98 Å². The normalized spacial score (nSPS) is 9.40. The Morgan fingerprint density at radius 2 is 2.00 bits per heavy atom. The molecule has 1 aromatic heterocycles. The van der Waals surface area contributed by atoms with Gasteiger partial charge in [0.1, 0.15) is 0 Å². The molecule has 0 saturated heterocycles. The van der Waals surface area contributed by atoms with Crippen molar-refractivity contribution in [1.82, 2.24) is 4.98 Å². The van der Waals surface area contributed by atoms with E-state index in [1.54, 1.807) is 0 Å². The van der Waals surface area contributed by atoms with E-state index < -0.39 is 0 Å². The van der Waals surface area contributed by atoms with Gasteiger partial charge in [0.05, 0.1) is 0 Å². The van der Waals surface area contributed by atoms with E-state index in [4.69, 9.17) is 0 Å². The first-order chi connectivity index (χ1) is 7.33. The number of pyridine rings is 1. The molecule has 82 valence electrons. The Hall–Kier alpha value is -0.548. The predicted molar refractivity (Wildman–Crippen MR) is 61.4 cm³/mol. The summed E-state index contributed by atoms with van der Waals surface area (Å²) in [5, 5.41) is 1.25. The van der Waals surface area contributed by atoms with Crippen LogP contribution in [0.2, 0.25) is 0 Å². The number of hydrogen-bond donors (Lipinski definition) is 0. The first-order valence-electron chi connectivity index (χ1n) is 4.58. The van der Waals surface area contributed by atoms with Crippen molar-refractivity contribution >= 4 is 20.4 Å². The zero-order chi connectivity index (χ0) is 11.3. The van der Waals surface area contributed by atoms with Gasteiger partial charge in [0.2, 0.25) is 0 Å². The monoisotopic (exact) mass is 311 g/mol. The van der Waals surface area contributed by atoms with E-state index in [9.17, 15) is 0 Å². The van der Waals surface area contributed by atoms with Crippen molar-refractivity contribution < 1.29 is 18.2 Å². The zero-order valence-corrected chi connectivity index (χ0v) is 10.9. The molecule has 2 rings (SSSR count). The summed E-state index contributed by atoms with van der Waals surface area (Å²) < 4.78 is 0. The summed E-state index contributed by atoms with van der Waals surface area (Å²) in [6, 6.07) is 8.33. The molecule has 0 aliphatic carbocycles. The summed E-state index contributed by atoms with van der Waals surface area (Å²) in [5.41, 5.74) is 3.60. The predicted octanol–water partition coefficient (Wildman–Crippen LogP) is 3.80. The summed E-state index contributed by atoms with van der Waals surface area (Å²) >= 11 is 2.22. The van der Waals surface area contributed by atoms with Crippen molar-refractivity contribution in [3.63, 3.8) is 0 Å². The van der Waals surface area contributed by atoms with E-state index in [1.165, 1.54) is 16.5 Å². The van der Waals surface area contributed by atoms with Crippen molar-refractivity contribution in [3.05, 3.63) is 48.0 Å². The average molecular weight is 312 g/mol. The maximum absolute atomic E-state index is 4.49. The summed E-state index contributed by atoms with van der Waals surface area (Å²) in [6.07, 6.45) is 3.96. The molecular weight excluding hydrogens is 300 g/mol. The fourth-order valence-corrected chi connectivity index (χ4v) is 1.57. The Bertz CT molecular complexity index is 443. The van der Waals surface area contributed by atoms with Crippen LogP contribution < -0.4 is 0 Å². The van der Waals surface area contributed by atoms with Crippen molar-refractivity contribution in [2.75, 3.05) is 0 Å². The van der Waals surface area contributed by atoms with Crippen LogP contribution >= 0.6 is 9.53 Å². The van der Waals surface area contributed by atoms with Crippen LogP contribution in [0, 0.1) is 13.3 Å². The number of halogens is 1. The standard InChI is InChI=1S/C12H12N.ClH.Pd/c1-3-10-5-4-6-11-9(2)7-8-13-12(10)11;;/h3-8H,1-2H3;1H;/q-1;;+2/p-1. The zero-order valence-electron chi connectivity index (χ0n) is 8.61. The van der Waals surface area contributed by atoms with Gasteiger partial charge >= 0.3 is 27.7 Å². The minimum absolute atomic E-state index is 1.10. The third-order valence-electron chi connectivity index (χ3n) is 2.33. The quantitative estimate of drug-likeness (QED) is 0.576. The number of para-hydroxylation sites is 1. The molecular formula is C12H12ClNPd. The van der Waals surface area contributed by atoms with Crippen molar-refractivity contribution in [1.29, 1.82) is 0 Å². The van der Waals surface area contributed by atoms with E-state index in [0.717, 1.165) is 5.52 Å². The molecule has 0 aliphatic rings. The number of benzene rings is 1. The second-order valence-electron chi connectivity index (χ2n) is 3.16. The fourth-order valence-electron chi connectivity index (χ4n) is 1.57. The van der Waals surface area contributed by atoms with Gasteiger partial charge in [0, 0.05) is 6.20 Å². The van der Waals surface area contributed by atoms with Gasteiger partial charge in [-0.05, 0) is 18.5 Å². The van der Waals surface area contributed by atoms with Crippen molar-refractivity contribution in [2.24, 2.45) is 0 Å². The van der Waals surface area contributed by atoms with E-state index in [2.05, 4.69) is 64.2 Å². The molecule has 0 spiro atoms. The molecule has 1 heterocycles. The molecule has 0 aliphatic heterocycles. The van der Waals surface area contributed by atoms with Gasteiger partial charge in [-0.15, -0.1) is 6.07 Å². The number of aryl methyl sites for hydroxylation is 1. The van der Waals surface area contributed by atoms with Gasteiger partial charge in [0.15, 0.2) is 0 Å². The van der Waals surface area contributed by atoms with Gasteiger partial charge in [0.25, 0.3) is 0 Å². The molecule has 1 aromatic carbocycles. The molecule has 0 fully saturated rings. The van der Waals surface area contributed by atoms with Crippen LogP contribution in [0.15, 0.2) is 30.5 Å². The molecule has 0 amide bonds. The number of aromatic nitrogens is 1. The van der Waals surface area contributed by atoms with Gasteiger partial charge < -0.3 is 4.98 Å². The van der Waals surface area contributed by atoms with Crippen LogP contribution in [0.5, 0.6) is 0 Å². The van der Waals surface area contributed by atoms with Crippen LogP contribution in [0.4, 0.5) is 0 Å². The third-order valence-corrected chi connectivity index (χ3v) is 2.33. The third kappa shape index (κ3) is 2.72. The summed E-state index contributed by atoms with van der Waals surface area (Å²) in [7, 11) is 4.49. The number of hydrogen-bond acceptors (Lipinski definition) is 1. The van der Waals surface area contributed by atoms with Crippen molar-refractivity contribution in [3.8, 4) is 0 Å². The number of nitrogens with zero attached hydrogens (tertiary/aromatic N) is 1. The Morgan fingerprint density at radius 1 is 1.27 bits per heavy atom. The SMILES string of the molecule is C[CH-]c1cccc2c(C)ccnc12.[Cl][Pd+]. The maximum atomic E-state index is 4.49. The second kappa shape index (κ2) is 6.13. The molecule has 0 bridgehead atoms. The molecule has 3 heteroatoms. The molecule has 0 N–H and O–H groups in total. The van der Waals surface area contributed by atoms with Crippen LogP contribution in [-0.2, 0) is 18.2 Å². The van der Waals surface area contributed by atoms with E-state index >= 15 is 0 Å². The summed E-state index contributed by atoms with van der Waals surface area (Å²) in [5.74, 6) is 0. The van der Waals surface area contributed by atoms with Crippen LogP contribution in [0.25, 0.3) is 10.9 Å². The fraction of sp³-hybridized carbons (Fsp3) is 0.167. The first-order valence-corrected chi connectivity index (χ1v) is 6.59. The minimum atomic E-state index is 1.10. The molecule has 0 radical (unpaired) electrons. The molecule has 15 heavy (non-hydrogen) atoms. The molecule has 0 saturated carbocycles. The summed E-state index contributed by atoms with van der Waals surface area (Å²) in [4.78, 5) is 4.38. The summed E-state index contributed by atoms with van der Waals surface area (Å²) in [6.45, 7) is 4.15. The Labute approximate surface area is 105 Å². The Kier molecular flexibility index (Phi) is 5.11. The van der Waals surface area contributed by atoms with Gasteiger partial charge in [-0.2, -0.15) is 18.1 Å². The Balaban J connectivity index is 0.000000531. The van der Waals surface area contributed by atoms with Crippen LogP contribution in [0.1, 0.15) is 18.1 Å². The van der Waals surface area contributed by atoms with Crippen molar-refractivity contribution in [2.45, 2.75) is 13.8 Å². The van der Waals surface area contributed by atoms with Gasteiger partial charge in [-0.3, -0.25) is 0 Å². The second-order valence-corrected chi connectivity index (χ2v) is 3.16. The van der Waals surface area contributed by atoms with Gasteiger partial charge in [-0.25, -0.2) is 0 Å².